The number of thioether (sulfide) groups is 1. The first-order valence-corrected chi connectivity index (χ1v) is 8.45. The molecule has 0 unspecified atom stereocenters. The SMILES string of the molecule is COc1c(C)cnc(CSCCCNc2ncccn2)c1C. The Hall–Kier alpha value is -1.82. The Morgan fingerprint density at radius 3 is 2.68 bits per heavy atom. The summed E-state index contributed by atoms with van der Waals surface area (Å²) in [5, 5.41) is 3.21. The summed E-state index contributed by atoms with van der Waals surface area (Å²) in [5.74, 6) is 3.61. The third-order valence-corrected chi connectivity index (χ3v) is 4.36. The van der Waals surface area contributed by atoms with Crippen molar-refractivity contribution in [3.8, 4) is 5.75 Å². The van der Waals surface area contributed by atoms with Crippen LogP contribution in [0.5, 0.6) is 5.75 Å². The van der Waals surface area contributed by atoms with Crippen LogP contribution in [-0.2, 0) is 5.75 Å². The molecule has 118 valence electrons. The van der Waals surface area contributed by atoms with Crippen LogP contribution in [0.1, 0.15) is 23.2 Å². The molecule has 0 aliphatic carbocycles. The summed E-state index contributed by atoms with van der Waals surface area (Å²) >= 11 is 1.88. The van der Waals surface area contributed by atoms with E-state index in [0.29, 0.717) is 5.95 Å². The summed E-state index contributed by atoms with van der Waals surface area (Å²) in [7, 11) is 1.71. The van der Waals surface area contributed by atoms with Crippen LogP contribution in [0, 0.1) is 13.8 Å². The molecule has 0 bridgehead atoms. The highest BCUT2D eigenvalue weighted by Gasteiger charge is 2.09. The fourth-order valence-electron chi connectivity index (χ4n) is 2.15. The lowest BCUT2D eigenvalue weighted by Gasteiger charge is -2.12. The quantitative estimate of drug-likeness (QED) is 0.754. The first-order valence-electron chi connectivity index (χ1n) is 7.30. The van der Waals surface area contributed by atoms with E-state index in [0.717, 1.165) is 47.0 Å². The summed E-state index contributed by atoms with van der Waals surface area (Å²) in [5.41, 5.74) is 3.33. The number of pyridine rings is 1. The number of nitrogens with one attached hydrogen (secondary N) is 1. The summed E-state index contributed by atoms with van der Waals surface area (Å²) in [6.45, 7) is 4.97. The number of aryl methyl sites for hydroxylation is 1. The molecule has 2 rings (SSSR count). The zero-order valence-corrected chi connectivity index (χ0v) is 14.1. The summed E-state index contributed by atoms with van der Waals surface area (Å²) in [6.07, 6.45) is 6.42. The molecule has 0 atom stereocenters. The highest BCUT2D eigenvalue weighted by molar-refractivity contribution is 7.98. The molecule has 2 aromatic heterocycles. The Kier molecular flexibility index (Phi) is 6.45. The first-order chi connectivity index (χ1) is 10.7. The number of hydrogen-bond donors (Lipinski definition) is 1. The van der Waals surface area contributed by atoms with Crippen molar-refractivity contribution in [2.45, 2.75) is 26.0 Å². The maximum Gasteiger partial charge on any atom is 0.222 e. The number of nitrogens with zero attached hydrogens (tertiary/aromatic N) is 3. The number of ether oxygens (including phenoxy) is 1. The van der Waals surface area contributed by atoms with Crippen LogP contribution in [0.15, 0.2) is 24.7 Å². The average Bonchev–Trinajstić information content (AvgIpc) is 2.54. The molecule has 0 aromatic carbocycles. The van der Waals surface area contributed by atoms with Crippen molar-refractivity contribution < 1.29 is 4.74 Å². The molecule has 0 saturated carbocycles. The van der Waals surface area contributed by atoms with Gasteiger partial charge in [-0.1, -0.05) is 0 Å². The fraction of sp³-hybridized carbons (Fsp3) is 0.438. The summed E-state index contributed by atoms with van der Waals surface area (Å²) in [6, 6.07) is 1.81. The smallest absolute Gasteiger partial charge is 0.222 e. The van der Waals surface area contributed by atoms with Crippen LogP contribution >= 0.6 is 11.8 Å². The standard InChI is InChI=1S/C16H22N4OS/c1-12-10-20-14(13(2)15(12)21-3)11-22-9-5-8-19-16-17-6-4-7-18-16/h4,6-7,10H,5,8-9,11H2,1-3H3,(H,17,18,19). The van der Waals surface area contributed by atoms with Gasteiger partial charge in [-0.3, -0.25) is 4.98 Å². The van der Waals surface area contributed by atoms with Crippen molar-refractivity contribution in [1.29, 1.82) is 0 Å². The Bertz CT molecular complexity index is 592. The van der Waals surface area contributed by atoms with Gasteiger partial charge >= 0.3 is 0 Å². The van der Waals surface area contributed by atoms with Gasteiger partial charge in [0.1, 0.15) is 5.75 Å². The van der Waals surface area contributed by atoms with Crippen LogP contribution < -0.4 is 10.1 Å². The number of aromatic nitrogens is 3. The lowest BCUT2D eigenvalue weighted by Crippen LogP contribution is -2.05. The fourth-order valence-corrected chi connectivity index (χ4v) is 3.13. The minimum absolute atomic E-state index is 0.688. The Morgan fingerprint density at radius 2 is 1.95 bits per heavy atom. The largest absolute Gasteiger partial charge is 0.496 e. The van der Waals surface area contributed by atoms with Crippen LogP contribution in [0.4, 0.5) is 5.95 Å². The minimum atomic E-state index is 0.688. The molecular formula is C16H22N4OS. The molecule has 2 heterocycles. The molecule has 0 amide bonds. The Labute approximate surface area is 135 Å². The van der Waals surface area contributed by atoms with E-state index >= 15 is 0 Å². The van der Waals surface area contributed by atoms with Crippen molar-refractivity contribution >= 4 is 17.7 Å². The van der Waals surface area contributed by atoms with Crippen molar-refractivity contribution in [3.05, 3.63) is 41.5 Å². The number of methoxy groups -OCH3 is 1. The van der Waals surface area contributed by atoms with Gasteiger partial charge in [-0.15, -0.1) is 0 Å². The van der Waals surface area contributed by atoms with Gasteiger partial charge in [0, 0.05) is 42.0 Å². The van der Waals surface area contributed by atoms with Gasteiger partial charge < -0.3 is 10.1 Å². The normalized spacial score (nSPS) is 10.5. The molecule has 22 heavy (non-hydrogen) atoms. The monoisotopic (exact) mass is 318 g/mol. The van der Waals surface area contributed by atoms with E-state index in [-0.39, 0.29) is 0 Å². The zero-order valence-electron chi connectivity index (χ0n) is 13.3. The minimum Gasteiger partial charge on any atom is -0.496 e. The predicted octanol–water partition coefficient (Wildman–Crippen LogP) is 3.23. The van der Waals surface area contributed by atoms with Gasteiger partial charge in [-0.2, -0.15) is 11.8 Å². The van der Waals surface area contributed by atoms with E-state index in [1.165, 1.54) is 0 Å². The second kappa shape index (κ2) is 8.58. The second-order valence-electron chi connectivity index (χ2n) is 4.95. The Morgan fingerprint density at radius 1 is 1.18 bits per heavy atom. The Balaban J connectivity index is 1.71. The highest BCUT2D eigenvalue weighted by Crippen LogP contribution is 2.26. The molecule has 0 aliphatic rings. The van der Waals surface area contributed by atoms with Crippen molar-refractivity contribution in [3.63, 3.8) is 0 Å². The van der Waals surface area contributed by atoms with Gasteiger partial charge in [0.25, 0.3) is 0 Å². The average molecular weight is 318 g/mol. The molecule has 0 fully saturated rings. The van der Waals surface area contributed by atoms with Gasteiger partial charge in [0.2, 0.25) is 5.95 Å². The molecule has 5 nitrogen and oxygen atoms in total. The van der Waals surface area contributed by atoms with Gasteiger partial charge in [0.15, 0.2) is 0 Å². The topological polar surface area (TPSA) is 59.9 Å². The molecule has 2 aromatic rings. The number of anilines is 1. The van der Waals surface area contributed by atoms with Gasteiger partial charge in [-0.05, 0) is 32.1 Å². The first kappa shape index (κ1) is 16.5. The van der Waals surface area contributed by atoms with Crippen LogP contribution in [0.25, 0.3) is 0 Å². The number of hydrogen-bond acceptors (Lipinski definition) is 6. The van der Waals surface area contributed by atoms with E-state index in [9.17, 15) is 0 Å². The third kappa shape index (κ3) is 4.59. The van der Waals surface area contributed by atoms with Crippen molar-refractivity contribution in [1.82, 2.24) is 15.0 Å². The van der Waals surface area contributed by atoms with Crippen LogP contribution in [-0.4, -0.2) is 34.4 Å². The summed E-state index contributed by atoms with van der Waals surface area (Å²) < 4.78 is 5.44. The molecule has 0 saturated heterocycles. The van der Waals surface area contributed by atoms with Crippen molar-refractivity contribution in [2.75, 3.05) is 24.7 Å². The molecule has 0 spiro atoms. The van der Waals surface area contributed by atoms with Crippen LogP contribution in [0.2, 0.25) is 0 Å². The van der Waals surface area contributed by atoms with E-state index in [2.05, 4.69) is 27.2 Å². The maximum atomic E-state index is 5.44. The highest BCUT2D eigenvalue weighted by atomic mass is 32.2. The predicted molar refractivity (Wildman–Crippen MR) is 91.6 cm³/mol. The van der Waals surface area contributed by atoms with Crippen molar-refractivity contribution in [2.24, 2.45) is 0 Å². The van der Waals surface area contributed by atoms with E-state index in [4.69, 9.17) is 4.74 Å². The third-order valence-electron chi connectivity index (χ3n) is 3.30. The number of rotatable bonds is 8. The second-order valence-corrected chi connectivity index (χ2v) is 6.06. The van der Waals surface area contributed by atoms with E-state index < -0.39 is 0 Å². The van der Waals surface area contributed by atoms with E-state index in [1.807, 2.05) is 30.9 Å². The molecule has 6 heteroatoms. The maximum absolute atomic E-state index is 5.44. The lowest BCUT2D eigenvalue weighted by atomic mass is 10.1. The molecular weight excluding hydrogens is 296 g/mol. The van der Waals surface area contributed by atoms with Gasteiger partial charge in [-0.25, -0.2) is 9.97 Å². The van der Waals surface area contributed by atoms with Gasteiger partial charge in [0.05, 0.1) is 12.8 Å². The van der Waals surface area contributed by atoms with E-state index in [1.54, 1.807) is 19.5 Å². The molecule has 0 radical (unpaired) electrons. The summed E-state index contributed by atoms with van der Waals surface area (Å²) in [4.78, 5) is 12.8. The zero-order chi connectivity index (χ0) is 15.8. The lowest BCUT2D eigenvalue weighted by molar-refractivity contribution is 0.407. The van der Waals surface area contributed by atoms with Crippen LogP contribution in [0.3, 0.4) is 0 Å². The molecule has 0 aliphatic heterocycles. The molecule has 1 N–H and O–H groups in total.